The molecule has 0 unspecified atom stereocenters. The van der Waals surface area contributed by atoms with E-state index in [1.54, 1.807) is 6.92 Å². The first-order chi connectivity index (χ1) is 17.5. The monoisotopic (exact) mass is 556 g/mol. The fraction of sp³-hybridized carbons (Fsp3) is 0.480. The van der Waals surface area contributed by atoms with Crippen molar-refractivity contribution < 1.29 is 49.0 Å². The van der Waals surface area contributed by atoms with Crippen molar-refractivity contribution in [1.29, 1.82) is 0 Å². The summed E-state index contributed by atoms with van der Waals surface area (Å²) >= 11 is 0. The molecule has 3 atom stereocenters. The number of nitrogens with two attached hydrogens (primary N) is 1. The maximum atomic E-state index is 13.6. The van der Waals surface area contributed by atoms with Gasteiger partial charge in [0.1, 0.15) is 0 Å². The molecule has 0 aliphatic carbocycles. The number of halogens is 9. The molecule has 0 saturated carbocycles. The zero-order chi connectivity index (χ0) is 28.6. The summed E-state index contributed by atoms with van der Waals surface area (Å²) in [7, 11) is 0. The Bertz CT molecular complexity index is 1130. The number of hydrogen-bond acceptors (Lipinski definition) is 3. The fourth-order valence-corrected chi connectivity index (χ4v) is 4.87. The van der Waals surface area contributed by atoms with E-state index >= 15 is 0 Å². The lowest BCUT2D eigenvalue weighted by atomic mass is 9.73. The standard InChI is InChI=1S/C25H25F9N2O2/c1-3-17-11-18(19-10-14(23(26,27)28)5-6-21(19)36(17)22(37)38-4-2)20(12-35)13-7-15(24(29,30)31)9-16(8-13)25(32,33)34/h5-10,17-18,20H,3-4,11-12,35H2,1-2H3/t17-,18-,20-/m1/s1. The van der Waals surface area contributed by atoms with Gasteiger partial charge in [-0.05, 0) is 79.8 Å². The quantitative estimate of drug-likeness (QED) is 0.384. The first kappa shape index (κ1) is 29.6. The van der Waals surface area contributed by atoms with Crippen LogP contribution in [0.1, 0.15) is 66.3 Å². The minimum absolute atomic E-state index is 0.0228. The van der Waals surface area contributed by atoms with Crippen molar-refractivity contribution in [3.63, 3.8) is 0 Å². The van der Waals surface area contributed by atoms with Crippen molar-refractivity contribution in [1.82, 2.24) is 0 Å². The summed E-state index contributed by atoms with van der Waals surface area (Å²) in [4.78, 5) is 13.9. The molecule has 0 bridgehead atoms. The largest absolute Gasteiger partial charge is 0.449 e. The Morgan fingerprint density at radius 2 is 1.47 bits per heavy atom. The van der Waals surface area contributed by atoms with Crippen LogP contribution in [0, 0.1) is 0 Å². The van der Waals surface area contributed by atoms with Gasteiger partial charge in [0.2, 0.25) is 0 Å². The normalized spacial score (nSPS) is 19.2. The van der Waals surface area contributed by atoms with Gasteiger partial charge in [-0.15, -0.1) is 0 Å². The molecule has 4 nitrogen and oxygen atoms in total. The highest BCUT2D eigenvalue weighted by Crippen LogP contribution is 2.49. The summed E-state index contributed by atoms with van der Waals surface area (Å²) in [6, 6.07) is 2.97. The third-order valence-corrected chi connectivity index (χ3v) is 6.62. The maximum Gasteiger partial charge on any atom is 0.416 e. The topological polar surface area (TPSA) is 55.6 Å². The summed E-state index contributed by atoms with van der Waals surface area (Å²) in [5.74, 6) is -2.25. The third kappa shape index (κ3) is 6.02. The van der Waals surface area contributed by atoms with Crippen molar-refractivity contribution >= 4 is 11.8 Å². The van der Waals surface area contributed by atoms with Crippen LogP contribution in [0.5, 0.6) is 0 Å². The molecular weight excluding hydrogens is 531 g/mol. The lowest BCUT2D eigenvalue weighted by molar-refractivity contribution is -0.143. The number of carbonyl (C=O) groups excluding carboxylic acids is 1. The number of anilines is 1. The van der Waals surface area contributed by atoms with E-state index in [1.165, 1.54) is 11.8 Å². The summed E-state index contributed by atoms with van der Waals surface area (Å²) in [5, 5.41) is 0. The van der Waals surface area contributed by atoms with Gasteiger partial charge in [0.25, 0.3) is 0 Å². The zero-order valence-corrected chi connectivity index (χ0v) is 20.3. The number of benzene rings is 2. The van der Waals surface area contributed by atoms with E-state index in [0.29, 0.717) is 12.1 Å². The Morgan fingerprint density at radius 3 is 1.92 bits per heavy atom. The van der Waals surface area contributed by atoms with E-state index in [-0.39, 0.29) is 36.8 Å². The molecule has 1 amide bonds. The molecule has 2 N–H and O–H groups in total. The summed E-state index contributed by atoms with van der Waals surface area (Å²) in [5.41, 5.74) is 1.22. The SMILES string of the molecule is CCOC(=O)N1c2ccc(C(F)(F)F)cc2[C@H]([C@H](CN)c2cc(C(F)(F)F)cc(C(F)(F)F)c2)C[C@H]1CC. The molecule has 38 heavy (non-hydrogen) atoms. The minimum atomic E-state index is -5.12. The van der Waals surface area contributed by atoms with Gasteiger partial charge in [0, 0.05) is 12.0 Å². The number of fused-ring (bicyclic) bond motifs is 1. The number of carbonyl (C=O) groups is 1. The lowest BCUT2D eigenvalue weighted by Crippen LogP contribution is -2.46. The van der Waals surface area contributed by atoms with Gasteiger partial charge in [0.05, 0.1) is 29.0 Å². The minimum Gasteiger partial charge on any atom is -0.449 e. The van der Waals surface area contributed by atoms with Crippen molar-refractivity contribution in [2.45, 2.75) is 63.1 Å². The fourth-order valence-electron chi connectivity index (χ4n) is 4.87. The van der Waals surface area contributed by atoms with Crippen LogP contribution in [0.4, 0.5) is 50.0 Å². The van der Waals surface area contributed by atoms with Crippen LogP contribution in [-0.4, -0.2) is 25.3 Å². The molecule has 210 valence electrons. The van der Waals surface area contributed by atoms with E-state index in [1.807, 2.05) is 0 Å². The third-order valence-electron chi connectivity index (χ3n) is 6.62. The Morgan fingerprint density at radius 1 is 0.921 bits per heavy atom. The van der Waals surface area contributed by atoms with Gasteiger partial charge < -0.3 is 10.5 Å². The first-order valence-corrected chi connectivity index (χ1v) is 11.7. The summed E-state index contributed by atoms with van der Waals surface area (Å²) in [6.45, 7) is 2.73. The van der Waals surface area contributed by atoms with Gasteiger partial charge in [-0.25, -0.2) is 4.79 Å². The average Bonchev–Trinajstić information content (AvgIpc) is 2.82. The van der Waals surface area contributed by atoms with Gasteiger partial charge in [-0.1, -0.05) is 6.92 Å². The maximum absolute atomic E-state index is 13.6. The highest BCUT2D eigenvalue weighted by Gasteiger charge is 2.43. The van der Waals surface area contributed by atoms with Gasteiger partial charge in [-0.2, -0.15) is 39.5 Å². The van der Waals surface area contributed by atoms with Crippen LogP contribution < -0.4 is 10.6 Å². The van der Waals surface area contributed by atoms with Crippen molar-refractivity contribution in [2.24, 2.45) is 5.73 Å². The lowest BCUT2D eigenvalue weighted by Gasteiger charge is -2.43. The Balaban J connectivity index is 2.27. The molecule has 2 aromatic rings. The molecule has 0 saturated heterocycles. The number of hydrogen-bond donors (Lipinski definition) is 1. The Hall–Kier alpha value is -2.96. The first-order valence-electron chi connectivity index (χ1n) is 11.7. The molecule has 0 fully saturated rings. The van der Waals surface area contributed by atoms with E-state index in [9.17, 15) is 44.3 Å². The molecule has 2 aromatic carbocycles. The van der Waals surface area contributed by atoms with Gasteiger partial charge in [-0.3, -0.25) is 4.90 Å². The highest BCUT2D eigenvalue weighted by molar-refractivity contribution is 5.90. The van der Waals surface area contributed by atoms with E-state index in [4.69, 9.17) is 10.5 Å². The Kier molecular flexibility index (Phi) is 8.30. The van der Waals surface area contributed by atoms with E-state index < -0.39 is 71.3 Å². The number of nitrogens with zero attached hydrogens (tertiary/aromatic N) is 1. The number of amides is 1. The second kappa shape index (κ2) is 10.7. The van der Waals surface area contributed by atoms with Crippen molar-refractivity contribution in [2.75, 3.05) is 18.1 Å². The molecule has 13 heteroatoms. The van der Waals surface area contributed by atoms with Crippen molar-refractivity contribution in [3.8, 4) is 0 Å². The second-order valence-corrected chi connectivity index (χ2v) is 8.93. The molecule has 0 radical (unpaired) electrons. The number of ether oxygens (including phenoxy) is 1. The summed E-state index contributed by atoms with van der Waals surface area (Å²) in [6.07, 6.45) is -15.6. The Labute approximate surface area is 212 Å². The van der Waals surface area contributed by atoms with Gasteiger partial charge >= 0.3 is 24.6 Å². The highest BCUT2D eigenvalue weighted by atomic mass is 19.4. The molecule has 3 rings (SSSR count). The smallest absolute Gasteiger partial charge is 0.416 e. The molecule has 1 heterocycles. The van der Waals surface area contributed by atoms with Crippen molar-refractivity contribution in [3.05, 3.63) is 64.2 Å². The molecular formula is C25H25F9N2O2. The molecule has 0 aromatic heterocycles. The zero-order valence-electron chi connectivity index (χ0n) is 20.3. The summed E-state index contributed by atoms with van der Waals surface area (Å²) < 4.78 is 127. The molecule has 1 aliphatic rings. The van der Waals surface area contributed by atoms with Crippen LogP contribution in [-0.2, 0) is 23.3 Å². The molecule has 0 spiro atoms. The van der Waals surface area contributed by atoms with E-state index in [0.717, 1.165) is 18.2 Å². The van der Waals surface area contributed by atoms with Crippen LogP contribution >= 0.6 is 0 Å². The predicted octanol–water partition coefficient (Wildman–Crippen LogP) is 7.71. The van der Waals surface area contributed by atoms with Crippen LogP contribution in [0.2, 0.25) is 0 Å². The van der Waals surface area contributed by atoms with Gasteiger partial charge in [0.15, 0.2) is 0 Å². The average molecular weight is 556 g/mol. The van der Waals surface area contributed by atoms with E-state index in [2.05, 4.69) is 0 Å². The number of alkyl halides is 9. The predicted molar refractivity (Wildman–Crippen MR) is 121 cm³/mol. The number of rotatable bonds is 5. The second-order valence-electron chi connectivity index (χ2n) is 8.93. The van der Waals surface area contributed by atoms with Crippen LogP contribution in [0.15, 0.2) is 36.4 Å². The molecule has 1 aliphatic heterocycles. The van der Waals surface area contributed by atoms with Crippen LogP contribution in [0.3, 0.4) is 0 Å². The van der Waals surface area contributed by atoms with Crippen LogP contribution in [0.25, 0.3) is 0 Å².